The minimum absolute atomic E-state index is 0.0300. The van der Waals surface area contributed by atoms with Crippen LogP contribution in [-0.4, -0.2) is 56.4 Å². The van der Waals surface area contributed by atoms with Gasteiger partial charge in [-0.15, -0.1) is 13.2 Å². The maximum atomic E-state index is 13.5. The number of fused-ring (bicyclic) bond motifs is 3. The fraction of sp³-hybridized carbons (Fsp3) is 0.458. The zero-order chi connectivity index (χ0) is 27.0. The number of halogens is 3. The van der Waals surface area contributed by atoms with E-state index in [0.717, 1.165) is 6.07 Å². The number of hydrogen-bond acceptors (Lipinski definition) is 9. The molecule has 13 heteroatoms. The zero-order valence-corrected chi connectivity index (χ0v) is 19.2. The van der Waals surface area contributed by atoms with Crippen LogP contribution in [0.4, 0.5) is 13.2 Å². The number of alkyl halides is 3. The van der Waals surface area contributed by atoms with Crippen LogP contribution in [0.2, 0.25) is 0 Å². The number of phenolic OH excluding ortho intramolecular Hbond substituents is 1. The van der Waals surface area contributed by atoms with Crippen molar-refractivity contribution in [2.45, 2.75) is 50.1 Å². The number of carbonyl (C=O) groups excluding carboxylic acids is 3. The number of ether oxygens (including phenoxy) is 1. The topological polar surface area (TPSA) is 179 Å². The van der Waals surface area contributed by atoms with Crippen LogP contribution in [-0.2, 0) is 16.0 Å². The summed E-state index contributed by atoms with van der Waals surface area (Å²) in [7, 11) is 0. The van der Waals surface area contributed by atoms with E-state index >= 15 is 0 Å². The molecule has 7 N–H and O–H groups in total. The molecule has 0 aromatic heterocycles. The van der Waals surface area contributed by atoms with Gasteiger partial charge in [-0.25, -0.2) is 0 Å². The molecule has 198 valence electrons. The van der Waals surface area contributed by atoms with E-state index in [2.05, 4.69) is 10.1 Å². The Morgan fingerprint density at radius 1 is 1.19 bits per heavy atom. The highest BCUT2D eigenvalue weighted by molar-refractivity contribution is 6.24. The van der Waals surface area contributed by atoms with Crippen LogP contribution in [0, 0.1) is 11.8 Å². The normalized spacial score (nSPS) is 29.7. The van der Waals surface area contributed by atoms with Crippen LogP contribution in [0.1, 0.15) is 53.2 Å². The number of ketones is 2. The number of aromatic hydroxyl groups is 1. The third-order valence-electron chi connectivity index (χ3n) is 7.69. The van der Waals surface area contributed by atoms with E-state index in [0.29, 0.717) is 19.4 Å². The van der Waals surface area contributed by atoms with E-state index in [9.17, 15) is 48.0 Å². The fourth-order valence-electron chi connectivity index (χ4n) is 6.14. The van der Waals surface area contributed by atoms with Gasteiger partial charge in [0.25, 0.3) is 5.91 Å². The zero-order valence-electron chi connectivity index (χ0n) is 19.2. The van der Waals surface area contributed by atoms with E-state index in [1.54, 1.807) is 0 Å². The van der Waals surface area contributed by atoms with Crippen LogP contribution in [0.15, 0.2) is 28.7 Å². The highest BCUT2D eigenvalue weighted by Gasteiger charge is 2.60. The van der Waals surface area contributed by atoms with Crippen molar-refractivity contribution in [2.24, 2.45) is 17.6 Å². The van der Waals surface area contributed by atoms with Crippen molar-refractivity contribution in [3.8, 4) is 11.5 Å². The first-order valence-corrected chi connectivity index (χ1v) is 11.6. The molecule has 5 rings (SSSR count). The molecule has 0 saturated carbocycles. The number of nitrogens with one attached hydrogen (secondary N) is 1. The second kappa shape index (κ2) is 8.21. The van der Waals surface area contributed by atoms with Gasteiger partial charge in [-0.1, -0.05) is 0 Å². The molecule has 1 unspecified atom stereocenters. The number of nitrogens with two attached hydrogens (primary N) is 1. The second-order valence-electron chi connectivity index (χ2n) is 9.77. The number of hydrogen-bond donors (Lipinski definition) is 6. The van der Waals surface area contributed by atoms with E-state index in [4.69, 9.17) is 5.73 Å². The number of aliphatic hydroxyl groups is 3. The van der Waals surface area contributed by atoms with Crippen LogP contribution >= 0.6 is 0 Å². The minimum atomic E-state index is -5.11. The number of allylic oxidation sites excluding steroid dienone is 2. The molecule has 0 spiro atoms. The Labute approximate surface area is 207 Å². The Morgan fingerprint density at radius 3 is 2.49 bits per heavy atom. The molecule has 1 saturated heterocycles. The maximum absolute atomic E-state index is 13.5. The first-order chi connectivity index (χ1) is 17.3. The van der Waals surface area contributed by atoms with Crippen molar-refractivity contribution >= 4 is 17.5 Å². The molecule has 1 aromatic rings. The molecule has 1 aliphatic heterocycles. The van der Waals surface area contributed by atoms with Crippen LogP contribution in [0.5, 0.6) is 11.5 Å². The van der Waals surface area contributed by atoms with Gasteiger partial charge in [-0.3, -0.25) is 14.4 Å². The lowest BCUT2D eigenvalue weighted by molar-refractivity contribution is -0.275. The van der Waals surface area contributed by atoms with Crippen molar-refractivity contribution in [2.75, 3.05) is 6.54 Å². The standard InChI is InChI=1S/C24H23F3N2O8/c25-24(26,27)37-19-10(12-2-1-3-29-12)7-14(31)16-11(19)5-8-4-9-6-13(30)17(22(28)35)21(34)23(9,36)20(33)15(8)18(16)32/h7-9,12,29-31,33,36H,1-6H2,(H2,28,35)/t8-,9+,12?,23+/m1/s1. The van der Waals surface area contributed by atoms with Gasteiger partial charge in [0.2, 0.25) is 5.78 Å². The molecule has 1 fully saturated rings. The highest BCUT2D eigenvalue weighted by atomic mass is 19.4. The SMILES string of the molecule is NC(=O)C1=C(O)C[C@@H]2C[C@@H]3Cc4c(OC(F)(F)F)c(C5CCCN5)cc(O)c4C(=O)C3=C(O)[C@]2(O)C1=O. The number of primary amides is 1. The van der Waals surface area contributed by atoms with Crippen LogP contribution in [0.3, 0.4) is 0 Å². The van der Waals surface area contributed by atoms with Gasteiger partial charge in [-0.05, 0) is 44.2 Å². The summed E-state index contributed by atoms with van der Waals surface area (Å²) < 4.78 is 44.7. The van der Waals surface area contributed by atoms with Gasteiger partial charge in [0.1, 0.15) is 28.6 Å². The molecule has 4 atom stereocenters. The average molecular weight is 524 g/mol. The monoisotopic (exact) mass is 524 g/mol. The Hall–Kier alpha value is -3.58. The lowest BCUT2D eigenvalue weighted by Crippen LogP contribution is -2.57. The number of phenols is 1. The highest BCUT2D eigenvalue weighted by Crippen LogP contribution is 2.53. The summed E-state index contributed by atoms with van der Waals surface area (Å²) in [4.78, 5) is 38.2. The molecular formula is C24H23F3N2O8. The number of aliphatic hydroxyl groups excluding tert-OH is 2. The van der Waals surface area contributed by atoms with Crippen molar-refractivity contribution in [3.63, 3.8) is 0 Å². The largest absolute Gasteiger partial charge is 0.573 e. The lowest BCUT2D eigenvalue weighted by atomic mass is 9.60. The summed E-state index contributed by atoms with van der Waals surface area (Å²) >= 11 is 0. The van der Waals surface area contributed by atoms with Gasteiger partial charge in [0.05, 0.1) is 5.56 Å². The maximum Gasteiger partial charge on any atom is 0.573 e. The van der Waals surface area contributed by atoms with Gasteiger partial charge < -0.3 is 36.2 Å². The van der Waals surface area contributed by atoms with Crippen LogP contribution < -0.4 is 15.8 Å². The molecule has 0 radical (unpaired) electrons. The Kier molecular flexibility index (Phi) is 5.57. The Morgan fingerprint density at radius 2 is 1.89 bits per heavy atom. The number of rotatable bonds is 3. The summed E-state index contributed by atoms with van der Waals surface area (Å²) in [5, 5.41) is 46.2. The third-order valence-corrected chi connectivity index (χ3v) is 7.69. The molecule has 3 aliphatic carbocycles. The molecule has 37 heavy (non-hydrogen) atoms. The smallest absolute Gasteiger partial charge is 0.511 e. The van der Waals surface area contributed by atoms with Crippen molar-refractivity contribution in [3.05, 3.63) is 45.4 Å². The second-order valence-corrected chi connectivity index (χ2v) is 9.77. The molecule has 10 nitrogen and oxygen atoms in total. The molecule has 4 aliphatic rings. The van der Waals surface area contributed by atoms with Crippen molar-refractivity contribution in [1.82, 2.24) is 5.32 Å². The van der Waals surface area contributed by atoms with E-state index in [1.807, 2.05) is 0 Å². The van der Waals surface area contributed by atoms with Gasteiger partial charge >= 0.3 is 6.36 Å². The average Bonchev–Trinajstić information content (AvgIpc) is 3.31. The summed E-state index contributed by atoms with van der Waals surface area (Å²) in [6.07, 6.45) is -4.91. The first-order valence-electron chi connectivity index (χ1n) is 11.6. The Balaban J connectivity index is 1.69. The number of amides is 1. The third kappa shape index (κ3) is 3.67. The van der Waals surface area contributed by atoms with Crippen molar-refractivity contribution in [1.29, 1.82) is 0 Å². The molecule has 1 amide bonds. The fourth-order valence-corrected chi connectivity index (χ4v) is 6.14. The molecule has 1 heterocycles. The number of benzene rings is 1. The summed E-state index contributed by atoms with van der Waals surface area (Å²) in [6, 6.07) is 0.451. The molecule has 1 aromatic carbocycles. The van der Waals surface area contributed by atoms with Crippen molar-refractivity contribution < 1.29 is 52.7 Å². The summed E-state index contributed by atoms with van der Waals surface area (Å²) in [6.45, 7) is 0.537. The lowest BCUT2D eigenvalue weighted by Gasteiger charge is -2.45. The quantitative estimate of drug-likeness (QED) is 0.322. The molecular weight excluding hydrogens is 501 g/mol. The first kappa shape index (κ1) is 25.1. The minimum Gasteiger partial charge on any atom is -0.511 e. The Bertz CT molecular complexity index is 1310. The van der Waals surface area contributed by atoms with E-state index < -0.39 is 93.5 Å². The summed E-state index contributed by atoms with van der Waals surface area (Å²) in [5.74, 6) is -9.04. The van der Waals surface area contributed by atoms with E-state index in [1.165, 1.54) is 0 Å². The molecule has 0 bridgehead atoms. The van der Waals surface area contributed by atoms with Crippen LogP contribution in [0.25, 0.3) is 0 Å². The number of Topliss-reactive ketones (excluding diaryl/α,β-unsaturated/α-hetero) is 2. The number of carbonyl (C=O) groups is 3. The predicted octanol–water partition coefficient (Wildman–Crippen LogP) is 1.90. The van der Waals surface area contributed by atoms with Gasteiger partial charge in [0.15, 0.2) is 11.4 Å². The van der Waals surface area contributed by atoms with Gasteiger partial charge in [-0.2, -0.15) is 0 Å². The predicted molar refractivity (Wildman–Crippen MR) is 117 cm³/mol. The van der Waals surface area contributed by atoms with E-state index in [-0.39, 0.29) is 24.0 Å². The summed E-state index contributed by atoms with van der Waals surface area (Å²) in [5.41, 5.74) is 0.288. The van der Waals surface area contributed by atoms with Gasteiger partial charge in [0, 0.05) is 35.1 Å².